The normalized spacial score (nSPS) is 16.4. The second-order valence-corrected chi connectivity index (χ2v) is 9.58. The lowest BCUT2D eigenvalue weighted by Crippen LogP contribution is -2.27. The van der Waals surface area contributed by atoms with Gasteiger partial charge in [0, 0.05) is 31.2 Å². The van der Waals surface area contributed by atoms with Crippen molar-refractivity contribution in [2.45, 2.75) is 17.4 Å². The number of benzene rings is 3. The van der Waals surface area contributed by atoms with Gasteiger partial charge in [-0.05, 0) is 47.5 Å². The standard InChI is InChI=1S/C23H22ClN3O2S/c1-26(2)20-14-10-18(11-15-20)23-16-22(17-8-12-19(24)13-9-17)25-27(23)30(28,29)21-6-4-3-5-7-21/h3-15,23H,16H2,1-2H3/t23-/m1/s1. The van der Waals surface area contributed by atoms with Crippen molar-refractivity contribution in [3.8, 4) is 0 Å². The van der Waals surface area contributed by atoms with Gasteiger partial charge >= 0.3 is 0 Å². The molecule has 0 N–H and O–H groups in total. The third kappa shape index (κ3) is 3.93. The highest BCUT2D eigenvalue weighted by molar-refractivity contribution is 7.89. The summed E-state index contributed by atoms with van der Waals surface area (Å²) in [6.07, 6.45) is 0.481. The second-order valence-electron chi connectivity index (χ2n) is 7.35. The van der Waals surface area contributed by atoms with E-state index in [2.05, 4.69) is 5.10 Å². The minimum Gasteiger partial charge on any atom is -0.378 e. The molecule has 3 aromatic carbocycles. The Labute approximate surface area is 182 Å². The van der Waals surface area contributed by atoms with Crippen LogP contribution in [-0.2, 0) is 10.0 Å². The Bertz CT molecular complexity index is 1160. The number of hydrogen-bond donors (Lipinski definition) is 0. The first-order valence-corrected chi connectivity index (χ1v) is 11.4. The van der Waals surface area contributed by atoms with Gasteiger partial charge in [0.2, 0.25) is 0 Å². The largest absolute Gasteiger partial charge is 0.378 e. The molecule has 0 saturated carbocycles. The molecule has 30 heavy (non-hydrogen) atoms. The number of rotatable bonds is 5. The van der Waals surface area contributed by atoms with Crippen LogP contribution >= 0.6 is 11.6 Å². The third-order valence-corrected chi connectivity index (χ3v) is 7.08. The van der Waals surface area contributed by atoms with E-state index in [9.17, 15) is 8.42 Å². The monoisotopic (exact) mass is 439 g/mol. The van der Waals surface area contributed by atoms with Gasteiger partial charge in [-0.1, -0.05) is 54.1 Å². The first-order valence-electron chi connectivity index (χ1n) is 9.56. The topological polar surface area (TPSA) is 53.0 Å². The van der Waals surface area contributed by atoms with E-state index in [0.717, 1.165) is 16.8 Å². The van der Waals surface area contributed by atoms with Crippen molar-refractivity contribution in [3.05, 3.63) is 95.0 Å². The zero-order chi connectivity index (χ0) is 21.3. The van der Waals surface area contributed by atoms with Gasteiger partial charge in [-0.15, -0.1) is 0 Å². The van der Waals surface area contributed by atoms with Gasteiger partial charge in [0.1, 0.15) is 0 Å². The summed E-state index contributed by atoms with van der Waals surface area (Å²) in [5.74, 6) is 0. The molecule has 0 radical (unpaired) electrons. The van der Waals surface area contributed by atoms with E-state index in [1.165, 1.54) is 4.41 Å². The molecular formula is C23H22ClN3O2S. The van der Waals surface area contributed by atoms with Gasteiger partial charge in [-0.3, -0.25) is 0 Å². The maximum Gasteiger partial charge on any atom is 0.279 e. The van der Waals surface area contributed by atoms with Crippen LogP contribution < -0.4 is 4.90 Å². The molecule has 0 aromatic heterocycles. The van der Waals surface area contributed by atoms with Gasteiger partial charge in [0.05, 0.1) is 16.6 Å². The van der Waals surface area contributed by atoms with Crippen molar-refractivity contribution < 1.29 is 8.42 Å². The van der Waals surface area contributed by atoms with Gasteiger partial charge < -0.3 is 4.90 Å². The zero-order valence-electron chi connectivity index (χ0n) is 16.7. The predicted molar refractivity (Wildman–Crippen MR) is 122 cm³/mol. The molecule has 4 rings (SSSR count). The van der Waals surface area contributed by atoms with Crippen LogP contribution in [0.5, 0.6) is 0 Å². The SMILES string of the molecule is CN(C)c1ccc([C@H]2CC(c3ccc(Cl)cc3)=NN2S(=O)(=O)c2ccccc2)cc1. The number of hydrazone groups is 1. The Balaban J connectivity index is 1.77. The Morgan fingerprint density at radius 1 is 0.933 bits per heavy atom. The summed E-state index contributed by atoms with van der Waals surface area (Å²) in [5, 5.41) is 5.19. The van der Waals surface area contributed by atoms with Crippen LogP contribution in [0.3, 0.4) is 0 Å². The molecule has 1 atom stereocenters. The lowest BCUT2D eigenvalue weighted by Gasteiger charge is -2.24. The van der Waals surface area contributed by atoms with Gasteiger partial charge in [-0.25, -0.2) is 0 Å². The van der Waals surface area contributed by atoms with E-state index in [0.29, 0.717) is 17.2 Å². The Morgan fingerprint density at radius 3 is 2.17 bits per heavy atom. The van der Waals surface area contributed by atoms with Gasteiger partial charge in [0.25, 0.3) is 10.0 Å². The molecule has 0 aliphatic carbocycles. The second kappa shape index (κ2) is 8.13. The first-order chi connectivity index (χ1) is 14.4. The van der Waals surface area contributed by atoms with Crippen molar-refractivity contribution in [3.63, 3.8) is 0 Å². The fraction of sp³-hybridized carbons (Fsp3) is 0.174. The molecule has 5 nitrogen and oxygen atoms in total. The van der Waals surface area contributed by atoms with Crippen LogP contribution in [-0.4, -0.2) is 32.6 Å². The molecule has 0 saturated heterocycles. The summed E-state index contributed by atoms with van der Waals surface area (Å²) < 4.78 is 28.1. The van der Waals surface area contributed by atoms with Gasteiger partial charge in [0.15, 0.2) is 0 Å². The first kappa shape index (κ1) is 20.4. The van der Waals surface area contributed by atoms with Crippen molar-refractivity contribution in [1.82, 2.24) is 4.41 Å². The summed E-state index contributed by atoms with van der Waals surface area (Å²) in [4.78, 5) is 2.23. The Hall–Kier alpha value is -2.83. The molecule has 3 aromatic rings. The molecule has 1 heterocycles. The molecule has 0 spiro atoms. The molecule has 1 aliphatic rings. The van der Waals surface area contributed by atoms with Crippen molar-refractivity contribution in [2.24, 2.45) is 5.10 Å². The number of nitrogens with zero attached hydrogens (tertiary/aromatic N) is 3. The lowest BCUT2D eigenvalue weighted by atomic mass is 9.99. The zero-order valence-corrected chi connectivity index (χ0v) is 18.3. The van der Waals surface area contributed by atoms with Crippen LogP contribution in [0.15, 0.2) is 88.9 Å². The number of anilines is 1. The molecular weight excluding hydrogens is 418 g/mol. The maximum atomic E-state index is 13.4. The molecule has 0 unspecified atom stereocenters. The minimum absolute atomic E-state index is 0.223. The van der Waals surface area contributed by atoms with Crippen molar-refractivity contribution in [1.29, 1.82) is 0 Å². The van der Waals surface area contributed by atoms with E-state index < -0.39 is 16.1 Å². The highest BCUT2D eigenvalue weighted by Crippen LogP contribution is 2.37. The summed E-state index contributed by atoms with van der Waals surface area (Å²) >= 11 is 6.01. The van der Waals surface area contributed by atoms with E-state index >= 15 is 0 Å². The van der Waals surface area contributed by atoms with Crippen LogP contribution in [0.4, 0.5) is 5.69 Å². The number of sulfonamides is 1. The number of halogens is 1. The van der Waals surface area contributed by atoms with E-state index in [1.807, 2.05) is 55.4 Å². The van der Waals surface area contributed by atoms with Gasteiger partial charge in [-0.2, -0.15) is 17.9 Å². The molecule has 154 valence electrons. The van der Waals surface area contributed by atoms with Crippen LogP contribution in [0.2, 0.25) is 5.02 Å². The summed E-state index contributed by atoms with van der Waals surface area (Å²) in [7, 11) is 0.139. The van der Waals surface area contributed by atoms with E-state index in [1.54, 1.807) is 42.5 Å². The maximum absolute atomic E-state index is 13.4. The fourth-order valence-corrected chi connectivity index (χ4v) is 5.05. The smallest absolute Gasteiger partial charge is 0.279 e. The molecule has 7 heteroatoms. The van der Waals surface area contributed by atoms with E-state index in [4.69, 9.17) is 11.6 Å². The van der Waals surface area contributed by atoms with Crippen LogP contribution in [0.25, 0.3) is 0 Å². The van der Waals surface area contributed by atoms with E-state index in [-0.39, 0.29) is 4.90 Å². The molecule has 0 bridgehead atoms. The van der Waals surface area contributed by atoms with Crippen LogP contribution in [0, 0.1) is 0 Å². The summed E-state index contributed by atoms with van der Waals surface area (Å²) in [6, 6.07) is 23.2. The molecule has 0 amide bonds. The van der Waals surface area contributed by atoms with Crippen molar-refractivity contribution >= 4 is 33.0 Å². The molecule has 0 fully saturated rings. The average Bonchev–Trinajstić information content (AvgIpc) is 3.21. The highest BCUT2D eigenvalue weighted by atomic mass is 35.5. The minimum atomic E-state index is -3.80. The van der Waals surface area contributed by atoms with Crippen molar-refractivity contribution in [2.75, 3.05) is 19.0 Å². The summed E-state index contributed by atoms with van der Waals surface area (Å²) in [6.45, 7) is 0. The highest BCUT2D eigenvalue weighted by Gasteiger charge is 2.37. The van der Waals surface area contributed by atoms with Crippen LogP contribution in [0.1, 0.15) is 23.6 Å². The Morgan fingerprint density at radius 2 is 1.57 bits per heavy atom. The summed E-state index contributed by atoms with van der Waals surface area (Å²) in [5.41, 5.74) is 3.52. The lowest BCUT2D eigenvalue weighted by molar-refractivity contribution is 0.371. The number of hydrogen-bond acceptors (Lipinski definition) is 4. The predicted octanol–water partition coefficient (Wildman–Crippen LogP) is 4.95. The quantitative estimate of drug-likeness (QED) is 0.565. The third-order valence-electron chi connectivity index (χ3n) is 5.13. The fourth-order valence-electron chi connectivity index (χ4n) is 3.47. The Kier molecular flexibility index (Phi) is 5.54. The average molecular weight is 440 g/mol. The molecule has 1 aliphatic heterocycles.